The molecule has 5 nitrogen and oxygen atoms in total. The third kappa shape index (κ3) is 7.25. The van der Waals surface area contributed by atoms with Crippen LogP contribution in [0.1, 0.15) is 32.6 Å². The molecule has 0 atom stereocenters. The first-order chi connectivity index (χ1) is 15.6. The summed E-state index contributed by atoms with van der Waals surface area (Å²) in [6.45, 7) is 6.31. The number of sulfonamides is 1. The second-order valence-electron chi connectivity index (χ2n) is 7.92. The van der Waals surface area contributed by atoms with Gasteiger partial charge < -0.3 is 5.32 Å². The third-order valence-corrected chi connectivity index (χ3v) is 7.77. The zero-order valence-corrected chi connectivity index (χ0v) is 21.2. The van der Waals surface area contributed by atoms with Crippen LogP contribution in [0.2, 0.25) is 5.02 Å². The van der Waals surface area contributed by atoms with Gasteiger partial charge in [-0.15, -0.1) is 0 Å². The van der Waals surface area contributed by atoms with Crippen LogP contribution in [0.4, 0.5) is 5.69 Å². The molecule has 1 amide bonds. The molecule has 0 bridgehead atoms. The number of carbonyl (C=O) groups is 1. The topological polar surface area (TPSA) is 75.3 Å². The molecule has 0 saturated heterocycles. The van der Waals surface area contributed by atoms with Crippen LogP contribution in [0.3, 0.4) is 0 Å². The molecule has 8 heteroatoms. The van der Waals surface area contributed by atoms with Gasteiger partial charge in [-0.2, -0.15) is 11.8 Å². The Kier molecular flexibility index (Phi) is 8.46. The molecule has 33 heavy (non-hydrogen) atoms. The second kappa shape index (κ2) is 11.1. The van der Waals surface area contributed by atoms with Crippen molar-refractivity contribution >= 4 is 45.0 Å². The summed E-state index contributed by atoms with van der Waals surface area (Å²) in [6, 6.07) is 18.1. The van der Waals surface area contributed by atoms with E-state index >= 15 is 0 Å². The Hall–Kier alpha value is -2.48. The molecule has 0 aliphatic carbocycles. The van der Waals surface area contributed by atoms with Crippen molar-refractivity contribution in [2.24, 2.45) is 0 Å². The van der Waals surface area contributed by atoms with Crippen LogP contribution in [0.15, 0.2) is 65.6 Å². The van der Waals surface area contributed by atoms with Crippen molar-refractivity contribution in [1.29, 1.82) is 0 Å². The van der Waals surface area contributed by atoms with Gasteiger partial charge in [-0.1, -0.05) is 47.5 Å². The van der Waals surface area contributed by atoms with Crippen molar-refractivity contribution < 1.29 is 13.2 Å². The summed E-state index contributed by atoms with van der Waals surface area (Å²) in [6.07, 6.45) is 0. The number of anilines is 1. The molecule has 0 spiro atoms. The molecule has 0 aliphatic heterocycles. The fraction of sp³-hybridized carbons (Fsp3) is 0.240. The van der Waals surface area contributed by atoms with E-state index in [9.17, 15) is 13.2 Å². The van der Waals surface area contributed by atoms with Gasteiger partial charge in [-0.05, 0) is 67.8 Å². The maximum atomic E-state index is 12.9. The van der Waals surface area contributed by atoms with E-state index in [1.54, 1.807) is 23.9 Å². The quantitative estimate of drug-likeness (QED) is 0.366. The Morgan fingerprint density at radius 1 is 0.909 bits per heavy atom. The van der Waals surface area contributed by atoms with Crippen LogP contribution < -0.4 is 10.0 Å². The molecule has 0 fully saturated rings. The Labute approximate surface area is 205 Å². The summed E-state index contributed by atoms with van der Waals surface area (Å²) >= 11 is 7.89. The summed E-state index contributed by atoms with van der Waals surface area (Å²) in [4.78, 5) is 12.4. The van der Waals surface area contributed by atoms with E-state index in [2.05, 4.69) is 41.2 Å². The first-order valence-electron chi connectivity index (χ1n) is 10.5. The van der Waals surface area contributed by atoms with Gasteiger partial charge in [0.05, 0.1) is 5.02 Å². The van der Waals surface area contributed by atoms with E-state index in [0.29, 0.717) is 12.2 Å². The first-order valence-corrected chi connectivity index (χ1v) is 13.5. The lowest BCUT2D eigenvalue weighted by atomic mass is 10.1. The summed E-state index contributed by atoms with van der Waals surface area (Å²) < 4.78 is 28.4. The number of hydrogen-bond acceptors (Lipinski definition) is 4. The number of benzene rings is 3. The van der Waals surface area contributed by atoms with Crippen molar-refractivity contribution in [2.45, 2.75) is 31.4 Å². The predicted molar refractivity (Wildman–Crippen MR) is 138 cm³/mol. The van der Waals surface area contributed by atoms with E-state index in [0.717, 1.165) is 22.6 Å². The highest BCUT2D eigenvalue weighted by atomic mass is 35.5. The van der Waals surface area contributed by atoms with Crippen molar-refractivity contribution in [2.75, 3.05) is 17.0 Å². The van der Waals surface area contributed by atoms with Crippen LogP contribution in [0, 0.1) is 20.8 Å². The minimum absolute atomic E-state index is 0.0529. The molecule has 3 aromatic rings. The molecule has 0 saturated carbocycles. The van der Waals surface area contributed by atoms with Crippen LogP contribution in [0.25, 0.3) is 0 Å². The van der Waals surface area contributed by atoms with Crippen molar-refractivity contribution in [1.82, 2.24) is 5.32 Å². The fourth-order valence-electron chi connectivity index (χ4n) is 3.31. The van der Waals surface area contributed by atoms with Gasteiger partial charge in [0.2, 0.25) is 0 Å². The number of carbonyl (C=O) groups excluding carboxylic acids is 1. The van der Waals surface area contributed by atoms with Gasteiger partial charge in [0.1, 0.15) is 4.90 Å². The van der Waals surface area contributed by atoms with E-state index in [4.69, 9.17) is 11.6 Å². The van der Waals surface area contributed by atoms with Gasteiger partial charge in [0.25, 0.3) is 15.9 Å². The van der Waals surface area contributed by atoms with Gasteiger partial charge in [0.15, 0.2) is 0 Å². The molecular weight excluding hydrogens is 476 g/mol. The second-order valence-corrected chi connectivity index (χ2v) is 11.1. The maximum Gasteiger partial charge on any atom is 0.263 e. The van der Waals surface area contributed by atoms with Crippen molar-refractivity contribution in [3.63, 3.8) is 0 Å². The lowest BCUT2D eigenvalue weighted by Gasteiger charge is -2.12. The molecule has 3 aromatic carbocycles. The smallest absolute Gasteiger partial charge is 0.263 e. The molecule has 0 radical (unpaired) electrons. The van der Waals surface area contributed by atoms with E-state index in [1.807, 2.05) is 19.9 Å². The number of rotatable bonds is 9. The predicted octanol–water partition coefficient (Wildman–Crippen LogP) is 5.73. The highest BCUT2D eigenvalue weighted by Crippen LogP contribution is 2.26. The molecule has 3 rings (SSSR count). The largest absolute Gasteiger partial charge is 0.351 e. The molecule has 0 aromatic heterocycles. The Morgan fingerprint density at radius 2 is 1.58 bits per heavy atom. The highest BCUT2D eigenvalue weighted by molar-refractivity contribution is 7.98. The molecule has 0 aliphatic rings. The van der Waals surface area contributed by atoms with E-state index < -0.39 is 10.0 Å². The van der Waals surface area contributed by atoms with E-state index in [-0.39, 0.29) is 21.4 Å². The molecule has 174 valence electrons. The van der Waals surface area contributed by atoms with Gasteiger partial charge in [0, 0.05) is 29.3 Å². The molecule has 0 heterocycles. The Bertz CT molecular complexity index is 1220. The number of nitrogens with one attached hydrogen (secondary N) is 2. The number of thioether (sulfide) groups is 1. The summed E-state index contributed by atoms with van der Waals surface area (Å²) in [5.74, 6) is 1.27. The Balaban J connectivity index is 1.61. The minimum atomic E-state index is -3.96. The summed E-state index contributed by atoms with van der Waals surface area (Å²) in [7, 11) is -3.96. The lowest BCUT2D eigenvalue weighted by molar-refractivity contribution is 0.0956. The monoisotopic (exact) mass is 502 g/mol. The van der Waals surface area contributed by atoms with Crippen LogP contribution in [0.5, 0.6) is 0 Å². The zero-order valence-electron chi connectivity index (χ0n) is 18.8. The standard InChI is InChI=1S/C25H27ClN2O3S2/c1-17-4-6-20(7-5-17)16-32-11-10-27-25(29)21-8-9-23(26)24(15-21)33(30,31)28-22-13-18(2)12-19(3)14-22/h4-9,12-15,28H,10-11,16H2,1-3H3,(H,27,29). The van der Waals surface area contributed by atoms with Crippen molar-refractivity contribution in [3.8, 4) is 0 Å². The Morgan fingerprint density at radius 3 is 2.24 bits per heavy atom. The average Bonchev–Trinajstić information content (AvgIpc) is 2.73. The number of aryl methyl sites for hydroxylation is 3. The van der Waals surface area contributed by atoms with Gasteiger partial charge in [-0.25, -0.2) is 8.42 Å². The molecular formula is C25H27ClN2O3S2. The number of amides is 1. The first kappa shape index (κ1) is 25.1. The summed E-state index contributed by atoms with van der Waals surface area (Å²) in [5.41, 5.74) is 5.03. The van der Waals surface area contributed by atoms with Crippen molar-refractivity contribution in [3.05, 3.63) is 93.5 Å². The number of halogens is 1. The maximum absolute atomic E-state index is 12.9. The van der Waals surface area contributed by atoms with Crippen LogP contribution in [-0.2, 0) is 15.8 Å². The SMILES string of the molecule is Cc1ccc(CSCCNC(=O)c2ccc(Cl)c(S(=O)(=O)Nc3cc(C)cc(C)c3)c2)cc1. The lowest BCUT2D eigenvalue weighted by Crippen LogP contribution is -2.26. The molecule has 0 unspecified atom stereocenters. The number of hydrogen-bond donors (Lipinski definition) is 2. The van der Waals surface area contributed by atoms with Crippen LogP contribution in [-0.4, -0.2) is 26.6 Å². The van der Waals surface area contributed by atoms with Gasteiger partial charge in [-0.3, -0.25) is 9.52 Å². The average molecular weight is 503 g/mol. The molecule has 2 N–H and O–H groups in total. The van der Waals surface area contributed by atoms with E-state index in [1.165, 1.54) is 29.3 Å². The normalized spacial score (nSPS) is 11.3. The highest BCUT2D eigenvalue weighted by Gasteiger charge is 2.20. The van der Waals surface area contributed by atoms with Crippen LogP contribution >= 0.6 is 23.4 Å². The van der Waals surface area contributed by atoms with Gasteiger partial charge >= 0.3 is 0 Å². The third-order valence-electron chi connectivity index (χ3n) is 4.88. The fourth-order valence-corrected chi connectivity index (χ4v) is 5.69. The zero-order chi connectivity index (χ0) is 24.0. The summed E-state index contributed by atoms with van der Waals surface area (Å²) in [5, 5.41) is 2.89. The minimum Gasteiger partial charge on any atom is -0.351 e.